The van der Waals surface area contributed by atoms with Gasteiger partial charge in [-0.25, -0.2) is 0 Å². The Morgan fingerprint density at radius 1 is 1.29 bits per heavy atom. The molecule has 0 saturated carbocycles. The van der Waals surface area contributed by atoms with E-state index in [-0.39, 0.29) is 11.8 Å². The average molecular weight is 291 g/mol. The van der Waals surface area contributed by atoms with Crippen LogP contribution in [0, 0.1) is 0 Å². The molecule has 0 fully saturated rings. The number of nitrogens with two attached hydrogens (primary N) is 1. The number of amides is 1. The molecular formula is C13H17N5O3. The lowest BCUT2D eigenvalue weighted by Crippen LogP contribution is -2.14. The number of nitrogens with one attached hydrogen (secondary N) is 2. The summed E-state index contributed by atoms with van der Waals surface area (Å²) in [7, 11) is 0. The Hall–Kier alpha value is -2.77. The first-order valence-corrected chi connectivity index (χ1v) is 6.53. The van der Waals surface area contributed by atoms with Gasteiger partial charge in [-0.1, -0.05) is 0 Å². The first-order valence-electron chi connectivity index (χ1n) is 6.53. The zero-order chi connectivity index (χ0) is 15.2. The van der Waals surface area contributed by atoms with Crippen LogP contribution in [0.4, 0.5) is 11.6 Å². The number of ether oxygens (including phenoxy) is 2. The molecule has 0 bridgehead atoms. The number of anilines is 2. The molecule has 0 unspecified atom stereocenters. The van der Waals surface area contributed by atoms with E-state index in [1.165, 1.54) is 0 Å². The van der Waals surface area contributed by atoms with Gasteiger partial charge < -0.3 is 20.5 Å². The molecule has 8 heteroatoms. The van der Waals surface area contributed by atoms with Gasteiger partial charge in [0.2, 0.25) is 11.8 Å². The molecule has 0 spiro atoms. The third-order valence-electron chi connectivity index (χ3n) is 2.52. The Morgan fingerprint density at radius 2 is 2.00 bits per heavy atom. The van der Waals surface area contributed by atoms with Crippen LogP contribution >= 0.6 is 0 Å². The lowest BCUT2D eigenvalue weighted by atomic mass is 10.2. The fraction of sp³-hybridized carbons (Fsp3) is 0.308. The van der Waals surface area contributed by atoms with E-state index in [0.717, 1.165) is 0 Å². The molecule has 1 amide bonds. The number of nitrogens with zero attached hydrogens (tertiary/aromatic N) is 2. The van der Waals surface area contributed by atoms with Crippen molar-refractivity contribution in [1.82, 2.24) is 15.2 Å². The summed E-state index contributed by atoms with van der Waals surface area (Å²) >= 11 is 0. The Labute approximate surface area is 121 Å². The molecule has 0 aliphatic heterocycles. The zero-order valence-corrected chi connectivity index (χ0v) is 11.8. The maximum Gasteiger partial charge on any atom is 0.293 e. The number of aromatic amines is 1. The summed E-state index contributed by atoms with van der Waals surface area (Å²) in [6.45, 7) is 4.79. The van der Waals surface area contributed by atoms with Crippen LogP contribution in [0.3, 0.4) is 0 Å². The molecule has 112 valence electrons. The van der Waals surface area contributed by atoms with Gasteiger partial charge in [-0.05, 0) is 26.0 Å². The molecule has 0 aliphatic rings. The van der Waals surface area contributed by atoms with Crippen LogP contribution < -0.4 is 20.5 Å². The first-order chi connectivity index (χ1) is 10.1. The van der Waals surface area contributed by atoms with Gasteiger partial charge in [0.15, 0.2) is 11.5 Å². The molecule has 1 heterocycles. The van der Waals surface area contributed by atoms with Crippen molar-refractivity contribution in [3.05, 3.63) is 24.0 Å². The minimum absolute atomic E-state index is 0.0156. The van der Waals surface area contributed by atoms with Crippen molar-refractivity contribution in [3.8, 4) is 11.5 Å². The molecule has 21 heavy (non-hydrogen) atoms. The highest BCUT2D eigenvalue weighted by atomic mass is 16.5. The van der Waals surface area contributed by atoms with Crippen LogP contribution in [0.15, 0.2) is 18.2 Å². The average Bonchev–Trinajstić information content (AvgIpc) is 2.89. The minimum Gasteiger partial charge on any atom is -0.490 e. The van der Waals surface area contributed by atoms with E-state index < -0.39 is 5.91 Å². The fourth-order valence-corrected chi connectivity index (χ4v) is 1.70. The summed E-state index contributed by atoms with van der Waals surface area (Å²) in [5, 5.41) is 8.72. The van der Waals surface area contributed by atoms with Crippen LogP contribution in [-0.4, -0.2) is 34.3 Å². The summed E-state index contributed by atoms with van der Waals surface area (Å²) in [5.41, 5.74) is 5.91. The number of carbonyl (C=O) groups excluding carboxylic acids is 1. The van der Waals surface area contributed by atoms with Gasteiger partial charge in [-0.15, -0.1) is 5.10 Å². The Balaban J connectivity index is 2.16. The quantitative estimate of drug-likeness (QED) is 0.741. The molecule has 4 N–H and O–H groups in total. The number of carbonyl (C=O) groups is 1. The Kier molecular flexibility index (Phi) is 4.60. The SMILES string of the molecule is CCOc1ccc(NC(=O)c2nc(N)n[nH]2)cc1OCC. The molecule has 1 aromatic heterocycles. The highest BCUT2D eigenvalue weighted by molar-refractivity contribution is 6.01. The van der Waals surface area contributed by atoms with Gasteiger partial charge in [0.05, 0.1) is 13.2 Å². The lowest BCUT2D eigenvalue weighted by Gasteiger charge is -2.12. The van der Waals surface area contributed by atoms with E-state index in [2.05, 4.69) is 20.5 Å². The second-order valence-corrected chi connectivity index (χ2v) is 4.02. The Bertz CT molecular complexity index is 626. The van der Waals surface area contributed by atoms with Crippen molar-refractivity contribution in [2.45, 2.75) is 13.8 Å². The van der Waals surface area contributed by atoms with E-state index in [4.69, 9.17) is 15.2 Å². The third-order valence-corrected chi connectivity index (χ3v) is 2.52. The normalized spacial score (nSPS) is 10.2. The largest absolute Gasteiger partial charge is 0.490 e. The van der Waals surface area contributed by atoms with Gasteiger partial charge in [0.1, 0.15) is 0 Å². The van der Waals surface area contributed by atoms with Crippen LogP contribution in [0.2, 0.25) is 0 Å². The van der Waals surface area contributed by atoms with Crippen LogP contribution in [-0.2, 0) is 0 Å². The molecule has 0 radical (unpaired) electrons. The number of rotatable bonds is 6. The highest BCUT2D eigenvalue weighted by Gasteiger charge is 2.13. The number of benzene rings is 1. The first kappa shape index (κ1) is 14.6. The van der Waals surface area contributed by atoms with Gasteiger partial charge in [0, 0.05) is 11.8 Å². The standard InChI is InChI=1S/C13H17N5O3/c1-3-20-9-6-5-8(7-10(9)21-4-2)15-12(19)11-16-13(14)18-17-11/h5-7H,3-4H2,1-2H3,(H,15,19)(H3,14,16,17,18). The third kappa shape index (κ3) is 3.62. The van der Waals surface area contributed by atoms with Gasteiger partial charge in [-0.2, -0.15) is 4.98 Å². The van der Waals surface area contributed by atoms with Crippen molar-refractivity contribution in [3.63, 3.8) is 0 Å². The van der Waals surface area contributed by atoms with Gasteiger partial charge in [-0.3, -0.25) is 9.89 Å². The molecule has 1 aromatic carbocycles. The van der Waals surface area contributed by atoms with Crippen LogP contribution in [0.5, 0.6) is 11.5 Å². The topological polar surface area (TPSA) is 115 Å². The predicted octanol–water partition coefficient (Wildman–Crippen LogP) is 1.44. The number of hydrogen-bond donors (Lipinski definition) is 3. The Morgan fingerprint density at radius 3 is 2.62 bits per heavy atom. The molecular weight excluding hydrogens is 274 g/mol. The van der Waals surface area contributed by atoms with Crippen LogP contribution in [0.1, 0.15) is 24.5 Å². The molecule has 0 aliphatic carbocycles. The van der Waals surface area contributed by atoms with E-state index in [1.54, 1.807) is 18.2 Å². The van der Waals surface area contributed by atoms with E-state index in [9.17, 15) is 4.79 Å². The molecule has 0 atom stereocenters. The molecule has 0 saturated heterocycles. The second kappa shape index (κ2) is 6.60. The monoisotopic (exact) mass is 291 g/mol. The van der Waals surface area contributed by atoms with E-state index in [1.807, 2.05) is 13.8 Å². The zero-order valence-electron chi connectivity index (χ0n) is 11.8. The fourth-order valence-electron chi connectivity index (χ4n) is 1.70. The van der Waals surface area contributed by atoms with Crippen molar-refractivity contribution in [2.24, 2.45) is 0 Å². The van der Waals surface area contributed by atoms with Crippen LogP contribution in [0.25, 0.3) is 0 Å². The molecule has 2 rings (SSSR count). The van der Waals surface area contributed by atoms with Crippen molar-refractivity contribution in [2.75, 3.05) is 24.3 Å². The van der Waals surface area contributed by atoms with E-state index in [0.29, 0.717) is 30.4 Å². The van der Waals surface area contributed by atoms with Crippen molar-refractivity contribution < 1.29 is 14.3 Å². The molecule has 2 aromatic rings. The van der Waals surface area contributed by atoms with Crippen molar-refractivity contribution in [1.29, 1.82) is 0 Å². The maximum absolute atomic E-state index is 11.9. The lowest BCUT2D eigenvalue weighted by molar-refractivity contribution is 0.101. The summed E-state index contributed by atoms with van der Waals surface area (Å²) in [4.78, 5) is 15.7. The number of aromatic nitrogens is 3. The minimum atomic E-state index is -0.439. The summed E-state index contributed by atoms with van der Waals surface area (Å²) < 4.78 is 10.9. The maximum atomic E-state index is 11.9. The van der Waals surface area contributed by atoms with E-state index >= 15 is 0 Å². The van der Waals surface area contributed by atoms with Crippen molar-refractivity contribution >= 4 is 17.5 Å². The summed E-state index contributed by atoms with van der Waals surface area (Å²) in [6.07, 6.45) is 0. The smallest absolute Gasteiger partial charge is 0.293 e. The van der Waals surface area contributed by atoms with Gasteiger partial charge >= 0.3 is 0 Å². The predicted molar refractivity (Wildman–Crippen MR) is 77.5 cm³/mol. The second-order valence-electron chi connectivity index (χ2n) is 4.02. The summed E-state index contributed by atoms with van der Waals surface area (Å²) in [5.74, 6) is 0.808. The van der Waals surface area contributed by atoms with Gasteiger partial charge in [0.25, 0.3) is 5.91 Å². The summed E-state index contributed by atoms with van der Waals surface area (Å²) in [6, 6.07) is 5.14. The number of H-pyrrole nitrogens is 1. The number of nitrogen functional groups attached to an aromatic ring is 1. The number of hydrogen-bond acceptors (Lipinski definition) is 6. The highest BCUT2D eigenvalue weighted by Crippen LogP contribution is 2.30. The molecule has 8 nitrogen and oxygen atoms in total.